The van der Waals surface area contributed by atoms with Gasteiger partial charge in [-0.15, -0.1) is 0 Å². The highest BCUT2D eigenvalue weighted by Crippen LogP contribution is 2.28. The van der Waals surface area contributed by atoms with Crippen molar-refractivity contribution in [2.75, 3.05) is 0 Å². The molecule has 116 valence electrons. The number of amides is 1. The third-order valence-electron chi connectivity index (χ3n) is 4.21. The molecule has 0 aliphatic carbocycles. The molecule has 1 aromatic heterocycles. The Balaban J connectivity index is 1.75. The first-order chi connectivity index (χ1) is 11.8. The number of benzene rings is 3. The van der Waals surface area contributed by atoms with Gasteiger partial charge in [-0.2, -0.15) is 0 Å². The van der Waals surface area contributed by atoms with Crippen molar-refractivity contribution in [1.82, 2.24) is 10.3 Å². The summed E-state index contributed by atoms with van der Waals surface area (Å²) < 4.78 is 0. The maximum Gasteiger partial charge on any atom is 0.270 e. The lowest BCUT2D eigenvalue weighted by atomic mass is 9.97. The Morgan fingerprint density at radius 3 is 2.08 bits per heavy atom. The summed E-state index contributed by atoms with van der Waals surface area (Å²) in [5.41, 5.74) is 1.56. The summed E-state index contributed by atoms with van der Waals surface area (Å²) in [6.07, 6.45) is 1.63. The van der Waals surface area contributed by atoms with Gasteiger partial charge in [0.25, 0.3) is 5.91 Å². The molecule has 24 heavy (non-hydrogen) atoms. The van der Waals surface area contributed by atoms with E-state index < -0.39 is 0 Å². The van der Waals surface area contributed by atoms with Gasteiger partial charge in [-0.25, -0.2) is 0 Å². The average Bonchev–Trinajstić information content (AvgIpc) is 2.65. The number of fused-ring (bicyclic) bond motifs is 2. The van der Waals surface area contributed by atoms with E-state index in [0.717, 1.165) is 16.3 Å². The zero-order valence-corrected chi connectivity index (χ0v) is 13.1. The molecule has 0 radical (unpaired) electrons. The van der Waals surface area contributed by atoms with Crippen molar-refractivity contribution >= 4 is 27.5 Å². The Morgan fingerprint density at radius 2 is 1.46 bits per heavy atom. The molecule has 0 saturated carbocycles. The van der Waals surface area contributed by atoms with Gasteiger partial charge in [0.2, 0.25) is 0 Å². The van der Waals surface area contributed by atoms with Crippen LogP contribution in [0.3, 0.4) is 0 Å². The first-order valence-electron chi connectivity index (χ1n) is 7.91. The van der Waals surface area contributed by atoms with Crippen LogP contribution in [0.4, 0.5) is 0 Å². The highest BCUT2D eigenvalue weighted by atomic mass is 16.1. The minimum atomic E-state index is -0.160. The molecule has 1 amide bonds. The van der Waals surface area contributed by atoms with Crippen molar-refractivity contribution in [1.29, 1.82) is 0 Å². The van der Waals surface area contributed by atoms with Gasteiger partial charge in [-0.3, -0.25) is 9.78 Å². The molecular weight excluding hydrogens is 296 g/mol. The summed E-state index contributed by atoms with van der Waals surface area (Å²) in [5.74, 6) is -0.160. The second-order valence-corrected chi connectivity index (χ2v) is 5.70. The van der Waals surface area contributed by atoms with Crippen molar-refractivity contribution in [2.45, 2.75) is 6.54 Å². The van der Waals surface area contributed by atoms with Crippen molar-refractivity contribution in [3.05, 3.63) is 90.3 Å². The van der Waals surface area contributed by atoms with E-state index in [2.05, 4.69) is 40.6 Å². The zero-order chi connectivity index (χ0) is 16.4. The van der Waals surface area contributed by atoms with Gasteiger partial charge in [0.15, 0.2) is 0 Å². The average molecular weight is 312 g/mol. The molecule has 1 heterocycles. The Hall–Kier alpha value is -3.20. The Kier molecular flexibility index (Phi) is 3.67. The highest BCUT2D eigenvalue weighted by Gasteiger charge is 2.10. The molecule has 0 aliphatic heterocycles. The molecular formula is C21H16N2O. The summed E-state index contributed by atoms with van der Waals surface area (Å²) >= 11 is 0. The van der Waals surface area contributed by atoms with Crippen molar-refractivity contribution < 1.29 is 4.79 Å². The number of hydrogen-bond acceptors (Lipinski definition) is 2. The van der Waals surface area contributed by atoms with Crippen LogP contribution in [0.15, 0.2) is 79.0 Å². The highest BCUT2D eigenvalue weighted by molar-refractivity contribution is 6.02. The summed E-state index contributed by atoms with van der Waals surface area (Å²) in [6, 6.07) is 24.1. The Morgan fingerprint density at radius 1 is 0.833 bits per heavy atom. The molecule has 3 nitrogen and oxygen atoms in total. The van der Waals surface area contributed by atoms with Gasteiger partial charge in [-0.1, -0.05) is 54.6 Å². The normalized spacial score (nSPS) is 10.8. The lowest BCUT2D eigenvalue weighted by Crippen LogP contribution is -2.23. The largest absolute Gasteiger partial charge is 0.347 e. The van der Waals surface area contributed by atoms with Gasteiger partial charge >= 0.3 is 0 Å². The van der Waals surface area contributed by atoms with Crippen LogP contribution in [0.2, 0.25) is 0 Å². The fourth-order valence-corrected chi connectivity index (χ4v) is 3.05. The van der Waals surface area contributed by atoms with Crippen LogP contribution < -0.4 is 5.32 Å². The maximum atomic E-state index is 12.3. The lowest BCUT2D eigenvalue weighted by Gasteiger charge is -2.12. The van der Waals surface area contributed by atoms with Crippen LogP contribution >= 0.6 is 0 Å². The Labute approximate surface area is 140 Å². The minimum Gasteiger partial charge on any atom is -0.347 e. The molecule has 0 atom stereocenters. The van der Waals surface area contributed by atoms with Crippen molar-refractivity contribution in [3.8, 4) is 0 Å². The first kappa shape index (κ1) is 14.4. The smallest absolute Gasteiger partial charge is 0.270 e. The maximum absolute atomic E-state index is 12.3. The number of nitrogens with one attached hydrogen (secondary N) is 1. The first-order valence-corrected chi connectivity index (χ1v) is 7.91. The monoisotopic (exact) mass is 312 g/mol. The van der Waals surface area contributed by atoms with Gasteiger partial charge in [0.1, 0.15) is 5.69 Å². The van der Waals surface area contributed by atoms with Gasteiger partial charge in [0, 0.05) is 12.7 Å². The SMILES string of the molecule is O=C(NCc1c2ccccc2cc2ccccc12)c1ccccn1. The summed E-state index contributed by atoms with van der Waals surface area (Å²) in [4.78, 5) is 16.4. The van der Waals surface area contributed by atoms with E-state index in [1.165, 1.54) is 10.8 Å². The van der Waals surface area contributed by atoms with E-state index >= 15 is 0 Å². The quantitative estimate of drug-likeness (QED) is 0.572. The predicted octanol–water partition coefficient (Wildman–Crippen LogP) is 4.32. The van der Waals surface area contributed by atoms with Crippen LogP contribution in [0.25, 0.3) is 21.5 Å². The predicted molar refractivity (Wildman–Crippen MR) is 96.9 cm³/mol. The number of pyridine rings is 1. The van der Waals surface area contributed by atoms with Crippen LogP contribution in [-0.4, -0.2) is 10.9 Å². The third-order valence-corrected chi connectivity index (χ3v) is 4.21. The van der Waals surface area contributed by atoms with Crippen LogP contribution in [-0.2, 0) is 6.54 Å². The fourth-order valence-electron chi connectivity index (χ4n) is 3.05. The molecule has 0 saturated heterocycles. The number of aromatic nitrogens is 1. The molecule has 4 rings (SSSR count). The minimum absolute atomic E-state index is 0.160. The standard InChI is InChI=1S/C21H16N2O/c24-21(20-11-5-6-12-22-20)23-14-19-17-9-3-1-7-15(17)13-16-8-2-4-10-18(16)19/h1-13H,14H2,(H,23,24). The number of carbonyl (C=O) groups is 1. The number of nitrogens with zero attached hydrogens (tertiary/aromatic N) is 1. The van der Waals surface area contributed by atoms with E-state index in [-0.39, 0.29) is 5.91 Å². The van der Waals surface area contributed by atoms with E-state index in [0.29, 0.717) is 12.2 Å². The topological polar surface area (TPSA) is 42.0 Å². The number of carbonyl (C=O) groups excluding carboxylic acids is 1. The van der Waals surface area contributed by atoms with Crippen LogP contribution in [0.5, 0.6) is 0 Å². The molecule has 0 aliphatic rings. The fraction of sp³-hybridized carbons (Fsp3) is 0.0476. The van der Waals surface area contributed by atoms with Gasteiger partial charge < -0.3 is 5.32 Å². The molecule has 3 aromatic carbocycles. The molecule has 3 heteroatoms. The zero-order valence-electron chi connectivity index (χ0n) is 13.1. The van der Waals surface area contributed by atoms with Crippen molar-refractivity contribution in [2.24, 2.45) is 0 Å². The molecule has 4 aromatic rings. The molecule has 0 fully saturated rings. The van der Waals surface area contributed by atoms with E-state index in [1.54, 1.807) is 18.3 Å². The summed E-state index contributed by atoms with van der Waals surface area (Å²) in [5, 5.41) is 7.68. The molecule has 0 spiro atoms. The Bertz CT molecular complexity index is 972. The molecule has 0 unspecified atom stereocenters. The molecule has 1 N–H and O–H groups in total. The third kappa shape index (κ3) is 2.61. The van der Waals surface area contributed by atoms with Gasteiger partial charge in [-0.05, 0) is 45.3 Å². The second kappa shape index (κ2) is 6.13. The lowest BCUT2D eigenvalue weighted by molar-refractivity contribution is 0.0946. The van der Waals surface area contributed by atoms with Crippen molar-refractivity contribution in [3.63, 3.8) is 0 Å². The van der Waals surface area contributed by atoms with Gasteiger partial charge in [0.05, 0.1) is 0 Å². The summed E-state index contributed by atoms with van der Waals surface area (Å²) in [7, 11) is 0. The van der Waals surface area contributed by atoms with E-state index in [9.17, 15) is 4.79 Å². The van der Waals surface area contributed by atoms with E-state index in [1.807, 2.05) is 30.3 Å². The number of hydrogen-bond donors (Lipinski definition) is 1. The summed E-state index contributed by atoms with van der Waals surface area (Å²) in [6.45, 7) is 0.470. The second-order valence-electron chi connectivity index (χ2n) is 5.70. The molecule has 0 bridgehead atoms. The van der Waals surface area contributed by atoms with E-state index in [4.69, 9.17) is 0 Å². The van der Waals surface area contributed by atoms with Crippen LogP contribution in [0.1, 0.15) is 16.1 Å². The number of rotatable bonds is 3. The van der Waals surface area contributed by atoms with Crippen LogP contribution in [0, 0.1) is 0 Å².